The predicted octanol–water partition coefficient (Wildman–Crippen LogP) is 1.17. The number of hydrogen-bond donors (Lipinski definition) is 2. The molecule has 3 atom stereocenters. The lowest BCUT2D eigenvalue weighted by atomic mass is 9.95. The van der Waals surface area contributed by atoms with Crippen molar-refractivity contribution in [2.75, 3.05) is 32.7 Å². The zero-order valence-electron chi connectivity index (χ0n) is 14.2. The zero-order valence-corrected chi connectivity index (χ0v) is 14.2. The molecule has 3 aliphatic heterocycles. The maximum absolute atomic E-state index is 12.6. The van der Waals surface area contributed by atoms with E-state index in [1.807, 2.05) is 9.80 Å². The Hall–Kier alpha value is -1.30. The number of hydrogen-bond acceptors (Lipinski definition) is 3. The van der Waals surface area contributed by atoms with Gasteiger partial charge in [0.25, 0.3) is 0 Å². The standard InChI is InChI=1S/C17H30N4O2/c1-13-11-15(6-7-18-13)19-16(22)14-5-4-10-21(12-14)17(23)20-8-2-3-9-20/h13-15,18H,2-12H2,1H3,(H,19,22). The highest BCUT2D eigenvalue weighted by Gasteiger charge is 2.32. The van der Waals surface area contributed by atoms with Crippen LogP contribution in [0.15, 0.2) is 0 Å². The summed E-state index contributed by atoms with van der Waals surface area (Å²) in [6.45, 7) is 6.26. The second-order valence-electron chi connectivity index (χ2n) is 7.35. The summed E-state index contributed by atoms with van der Waals surface area (Å²) in [5.41, 5.74) is 0. The smallest absolute Gasteiger partial charge is 0.320 e. The summed E-state index contributed by atoms with van der Waals surface area (Å²) >= 11 is 0. The van der Waals surface area contributed by atoms with Crippen molar-refractivity contribution in [1.82, 2.24) is 20.4 Å². The number of carbonyl (C=O) groups excluding carboxylic acids is 2. The van der Waals surface area contributed by atoms with Crippen molar-refractivity contribution in [3.8, 4) is 0 Å². The summed E-state index contributed by atoms with van der Waals surface area (Å²) in [4.78, 5) is 28.9. The molecule has 0 bridgehead atoms. The first-order valence-electron chi connectivity index (χ1n) is 9.21. The molecule has 3 aliphatic rings. The zero-order chi connectivity index (χ0) is 16.2. The molecule has 3 fully saturated rings. The van der Waals surface area contributed by atoms with Crippen LogP contribution in [0, 0.1) is 5.92 Å². The van der Waals surface area contributed by atoms with Gasteiger partial charge in [0.15, 0.2) is 0 Å². The second-order valence-corrected chi connectivity index (χ2v) is 7.35. The van der Waals surface area contributed by atoms with Crippen molar-refractivity contribution < 1.29 is 9.59 Å². The Morgan fingerprint density at radius 2 is 1.78 bits per heavy atom. The van der Waals surface area contributed by atoms with E-state index in [-0.39, 0.29) is 23.9 Å². The van der Waals surface area contributed by atoms with Gasteiger partial charge in [0, 0.05) is 38.3 Å². The minimum atomic E-state index is -0.0412. The average Bonchev–Trinajstić information content (AvgIpc) is 3.09. The van der Waals surface area contributed by atoms with E-state index in [4.69, 9.17) is 0 Å². The van der Waals surface area contributed by atoms with Crippen molar-refractivity contribution in [2.45, 2.75) is 57.5 Å². The van der Waals surface area contributed by atoms with E-state index in [9.17, 15) is 9.59 Å². The predicted molar refractivity (Wildman–Crippen MR) is 89.1 cm³/mol. The Morgan fingerprint density at radius 1 is 1.04 bits per heavy atom. The van der Waals surface area contributed by atoms with E-state index < -0.39 is 0 Å². The highest BCUT2D eigenvalue weighted by atomic mass is 16.2. The monoisotopic (exact) mass is 322 g/mol. The van der Waals surface area contributed by atoms with Crippen LogP contribution in [0.3, 0.4) is 0 Å². The van der Waals surface area contributed by atoms with Gasteiger partial charge in [-0.05, 0) is 52.0 Å². The van der Waals surface area contributed by atoms with Gasteiger partial charge >= 0.3 is 6.03 Å². The molecule has 2 N–H and O–H groups in total. The Morgan fingerprint density at radius 3 is 2.52 bits per heavy atom. The van der Waals surface area contributed by atoms with Gasteiger partial charge in [0.1, 0.15) is 0 Å². The van der Waals surface area contributed by atoms with Crippen molar-refractivity contribution in [2.24, 2.45) is 5.92 Å². The number of carbonyl (C=O) groups is 2. The first-order valence-corrected chi connectivity index (χ1v) is 9.21. The molecule has 3 heterocycles. The molecule has 0 aromatic carbocycles. The quantitative estimate of drug-likeness (QED) is 0.802. The van der Waals surface area contributed by atoms with E-state index >= 15 is 0 Å². The third-order valence-electron chi connectivity index (χ3n) is 5.41. The molecule has 3 saturated heterocycles. The van der Waals surface area contributed by atoms with Gasteiger partial charge < -0.3 is 20.4 Å². The van der Waals surface area contributed by atoms with Crippen LogP contribution in [0.5, 0.6) is 0 Å². The number of likely N-dealkylation sites (tertiary alicyclic amines) is 2. The van der Waals surface area contributed by atoms with Crippen molar-refractivity contribution >= 4 is 11.9 Å². The summed E-state index contributed by atoms with van der Waals surface area (Å²) in [6, 6.07) is 0.882. The lowest BCUT2D eigenvalue weighted by Gasteiger charge is -2.36. The van der Waals surface area contributed by atoms with E-state index in [1.165, 1.54) is 0 Å². The molecule has 0 aromatic rings. The largest absolute Gasteiger partial charge is 0.353 e. The van der Waals surface area contributed by atoms with Crippen molar-refractivity contribution in [1.29, 1.82) is 0 Å². The summed E-state index contributed by atoms with van der Waals surface area (Å²) < 4.78 is 0. The Labute approximate surface area is 139 Å². The molecule has 6 nitrogen and oxygen atoms in total. The van der Waals surface area contributed by atoms with Crippen LogP contribution in [-0.4, -0.2) is 66.5 Å². The fourth-order valence-corrected chi connectivity index (χ4v) is 4.06. The SMILES string of the molecule is CC1CC(NC(=O)C2CCCN(C(=O)N3CCCC3)C2)CCN1. The molecule has 0 aromatic heterocycles. The molecule has 3 amide bonds. The fraction of sp³-hybridized carbons (Fsp3) is 0.882. The first kappa shape index (κ1) is 16.6. The molecule has 23 heavy (non-hydrogen) atoms. The van der Waals surface area contributed by atoms with Gasteiger partial charge in [-0.3, -0.25) is 4.79 Å². The van der Waals surface area contributed by atoms with Gasteiger partial charge in [0.05, 0.1) is 5.92 Å². The Balaban J connectivity index is 1.51. The average molecular weight is 322 g/mol. The molecule has 0 radical (unpaired) electrons. The Bertz CT molecular complexity index is 436. The van der Waals surface area contributed by atoms with Gasteiger partial charge in [-0.25, -0.2) is 4.79 Å². The van der Waals surface area contributed by atoms with Crippen molar-refractivity contribution in [3.63, 3.8) is 0 Å². The summed E-state index contributed by atoms with van der Waals surface area (Å²) in [6.07, 6.45) is 6.04. The van der Waals surface area contributed by atoms with E-state index in [2.05, 4.69) is 17.6 Å². The maximum atomic E-state index is 12.6. The molecule has 130 valence electrons. The third kappa shape index (κ3) is 4.16. The molecule has 0 aliphatic carbocycles. The van der Waals surface area contributed by atoms with Crippen LogP contribution in [0.4, 0.5) is 4.79 Å². The number of rotatable bonds is 2. The third-order valence-corrected chi connectivity index (χ3v) is 5.41. The normalized spacial score (nSPS) is 32.0. The van der Waals surface area contributed by atoms with Crippen LogP contribution in [0.1, 0.15) is 45.4 Å². The fourth-order valence-electron chi connectivity index (χ4n) is 4.06. The van der Waals surface area contributed by atoms with Crippen LogP contribution in [-0.2, 0) is 4.79 Å². The van der Waals surface area contributed by atoms with Crippen LogP contribution >= 0.6 is 0 Å². The second kappa shape index (κ2) is 7.51. The minimum Gasteiger partial charge on any atom is -0.353 e. The van der Waals surface area contributed by atoms with E-state index in [0.29, 0.717) is 12.6 Å². The molecule has 0 saturated carbocycles. The topological polar surface area (TPSA) is 64.7 Å². The van der Waals surface area contributed by atoms with Gasteiger partial charge in [-0.1, -0.05) is 0 Å². The van der Waals surface area contributed by atoms with Crippen molar-refractivity contribution in [3.05, 3.63) is 0 Å². The number of nitrogens with zero attached hydrogens (tertiary/aromatic N) is 2. The van der Waals surface area contributed by atoms with Gasteiger partial charge in [-0.15, -0.1) is 0 Å². The lowest BCUT2D eigenvalue weighted by Crippen LogP contribution is -2.52. The Kier molecular flexibility index (Phi) is 5.41. The minimum absolute atomic E-state index is 0.0412. The molecule has 3 unspecified atom stereocenters. The highest BCUT2D eigenvalue weighted by molar-refractivity contribution is 5.81. The van der Waals surface area contributed by atoms with Crippen LogP contribution in [0.25, 0.3) is 0 Å². The molecular weight excluding hydrogens is 292 g/mol. The number of urea groups is 1. The number of amides is 3. The number of nitrogens with one attached hydrogen (secondary N) is 2. The molecule has 3 rings (SSSR count). The number of piperidine rings is 2. The highest BCUT2D eigenvalue weighted by Crippen LogP contribution is 2.20. The maximum Gasteiger partial charge on any atom is 0.320 e. The van der Waals surface area contributed by atoms with Gasteiger partial charge in [-0.2, -0.15) is 0 Å². The molecule has 0 spiro atoms. The summed E-state index contributed by atoms with van der Waals surface area (Å²) in [5.74, 6) is 0.100. The van der Waals surface area contributed by atoms with Gasteiger partial charge in [0.2, 0.25) is 5.91 Å². The van der Waals surface area contributed by atoms with Crippen LogP contribution < -0.4 is 10.6 Å². The lowest BCUT2D eigenvalue weighted by molar-refractivity contribution is -0.127. The van der Waals surface area contributed by atoms with E-state index in [1.54, 1.807) is 0 Å². The van der Waals surface area contributed by atoms with Crippen LogP contribution in [0.2, 0.25) is 0 Å². The molecule has 6 heteroatoms. The summed E-state index contributed by atoms with van der Waals surface area (Å²) in [5, 5.41) is 6.63. The molecular formula is C17H30N4O2. The first-order chi connectivity index (χ1) is 11.1. The summed E-state index contributed by atoms with van der Waals surface area (Å²) in [7, 11) is 0. The van der Waals surface area contributed by atoms with E-state index in [0.717, 1.165) is 64.7 Å².